The summed E-state index contributed by atoms with van der Waals surface area (Å²) in [7, 11) is 4.85. The predicted octanol–water partition coefficient (Wildman–Crippen LogP) is 11.4. The maximum absolute atomic E-state index is 9.68. The molecule has 10 heteroatoms. The number of aryl methyl sites for hydroxylation is 4. The lowest BCUT2D eigenvalue weighted by Gasteiger charge is -2.13. The van der Waals surface area contributed by atoms with Gasteiger partial charge in [0.15, 0.2) is 0 Å². The smallest absolute Gasteiger partial charge is 0.124 e. The molecule has 0 aliphatic rings. The first-order chi connectivity index (χ1) is 29.3. The molecule has 0 spiro atoms. The summed E-state index contributed by atoms with van der Waals surface area (Å²) in [6.45, 7) is 16.2. The van der Waals surface area contributed by atoms with Crippen molar-refractivity contribution in [2.75, 3.05) is 21.3 Å². The highest BCUT2D eigenvalue weighted by Gasteiger charge is 2.13. The van der Waals surface area contributed by atoms with Gasteiger partial charge < -0.3 is 19.3 Å². The van der Waals surface area contributed by atoms with Crippen LogP contribution < -0.4 is 14.2 Å². The van der Waals surface area contributed by atoms with Gasteiger partial charge in [0, 0.05) is 24.3 Å². The summed E-state index contributed by atoms with van der Waals surface area (Å²) >= 11 is 0. The molecule has 1 N–H and O–H groups in total. The van der Waals surface area contributed by atoms with E-state index < -0.39 is 0 Å². The molecule has 6 rings (SSSR count). The zero-order valence-corrected chi connectivity index (χ0v) is 37.0. The van der Waals surface area contributed by atoms with Crippen molar-refractivity contribution in [1.29, 1.82) is 0 Å². The molecular weight excluding hydrogens is 761 g/mol. The lowest BCUT2D eigenvalue weighted by atomic mass is 9.96. The van der Waals surface area contributed by atoms with Crippen molar-refractivity contribution in [3.8, 4) is 17.2 Å². The SMILES string of the molecule is COc1cc(CO)cc(/N=C(\C)c2cccc(/C(C)=N/c3c(C)cc(Cc4cc(C)c(/N=C(\C)c5cccc(/C(C)=N/c6cc(OC)cc(OC)c6)n5)c(C)c4)cc3C)n2)c1. The summed E-state index contributed by atoms with van der Waals surface area (Å²) < 4.78 is 16.2. The highest BCUT2D eigenvalue weighted by atomic mass is 16.5. The molecule has 0 radical (unpaired) electrons. The van der Waals surface area contributed by atoms with Crippen LogP contribution in [0.15, 0.2) is 117 Å². The standard InChI is InChI=1S/C51H54N6O4/c1-30-18-38(19-31(2)50(30)54-36(7)48-16-12-14-46(56-48)34(5)52-41-23-40(29-58)24-43(25-41)59-9)22-39-20-32(3)51(33(4)21-39)55-37(8)49-17-13-15-47(57-49)35(6)53-42-26-44(60-10)28-45(27-42)61-11/h12-21,23-28,58H,22,29H2,1-11H3/b52-34+,53-35+,54-36+,55-37+. The maximum Gasteiger partial charge on any atom is 0.124 e. The molecular formula is C51H54N6O4. The van der Waals surface area contributed by atoms with Crippen molar-refractivity contribution in [2.24, 2.45) is 20.0 Å². The van der Waals surface area contributed by atoms with E-state index in [4.69, 9.17) is 44.1 Å². The minimum absolute atomic E-state index is 0.0957. The number of aliphatic hydroxyl groups excluding tert-OH is 1. The molecule has 61 heavy (non-hydrogen) atoms. The number of aliphatic hydroxyl groups is 1. The van der Waals surface area contributed by atoms with Gasteiger partial charge in [0.1, 0.15) is 17.2 Å². The Balaban J connectivity index is 1.18. The summed E-state index contributed by atoms with van der Waals surface area (Å²) in [6.07, 6.45) is 0.784. The number of pyridine rings is 2. The Hall–Kier alpha value is -6.78. The van der Waals surface area contributed by atoms with E-state index in [1.54, 1.807) is 27.4 Å². The van der Waals surface area contributed by atoms with E-state index in [0.717, 1.165) is 96.9 Å². The van der Waals surface area contributed by atoms with Crippen molar-refractivity contribution in [3.05, 3.63) is 159 Å². The molecule has 0 aliphatic heterocycles. The molecule has 0 bridgehead atoms. The Morgan fingerprint density at radius 2 is 0.803 bits per heavy atom. The van der Waals surface area contributed by atoms with Crippen LogP contribution in [0.2, 0.25) is 0 Å². The first-order valence-corrected chi connectivity index (χ1v) is 20.2. The summed E-state index contributed by atoms with van der Waals surface area (Å²) in [6, 6.07) is 31.7. The van der Waals surface area contributed by atoms with Crippen LogP contribution in [0.1, 0.15) is 89.4 Å². The Morgan fingerprint density at radius 3 is 1.16 bits per heavy atom. The average Bonchev–Trinajstić information content (AvgIpc) is 3.25. The van der Waals surface area contributed by atoms with E-state index in [-0.39, 0.29) is 6.61 Å². The Morgan fingerprint density at radius 1 is 0.459 bits per heavy atom. The minimum Gasteiger partial charge on any atom is -0.497 e. The number of aromatic nitrogens is 2. The molecule has 6 aromatic rings. The van der Waals surface area contributed by atoms with Crippen molar-refractivity contribution in [1.82, 2.24) is 9.97 Å². The second-order valence-corrected chi connectivity index (χ2v) is 15.2. The molecule has 0 aliphatic carbocycles. The second kappa shape index (κ2) is 19.5. The lowest BCUT2D eigenvalue weighted by Crippen LogP contribution is -2.05. The van der Waals surface area contributed by atoms with E-state index in [2.05, 4.69) is 52.0 Å². The van der Waals surface area contributed by atoms with Gasteiger partial charge in [-0.3, -0.25) is 20.0 Å². The van der Waals surface area contributed by atoms with Crippen LogP contribution in [-0.2, 0) is 13.0 Å². The fourth-order valence-electron chi connectivity index (χ4n) is 7.29. The van der Waals surface area contributed by atoms with E-state index in [1.165, 1.54) is 11.1 Å². The Bertz CT molecular complexity index is 2440. The predicted molar refractivity (Wildman–Crippen MR) is 249 cm³/mol. The molecule has 4 aromatic carbocycles. The zero-order chi connectivity index (χ0) is 43.8. The van der Waals surface area contributed by atoms with Crippen LogP contribution in [-0.4, -0.2) is 59.3 Å². The van der Waals surface area contributed by atoms with Crippen LogP contribution in [0.4, 0.5) is 22.7 Å². The monoisotopic (exact) mass is 814 g/mol. The van der Waals surface area contributed by atoms with Crippen LogP contribution >= 0.6 is 0 Å². The van der Waals surface area contributed by atoms with Crippen molar-refractivity contribution < 1.29 is 19.3 Å². The summed E-state index contributed by atoms with van der Waals surface area (Å²) in [5, 5.41) is 9.68. The first kappa shape index (κ1) is 43.8. The molecule has 0 saturated heterocycles. The number of aliphatic imine (C=N–C) groups is 4. The fraction of sp³-hybridized carbons (Fsp3) is 0.255. The third kappa shape index (κ3) is 10.9. The van der Waals surface area contributed by atoms with Crippen molar-refractivity contribution >= 4 is 45.6 Å². The number of methoxy groups -OCH3 is 3. The highest BCUT2D eigenvalue weighted by molar-refractivity contribution is 6.03. The molecule has 0 amide bonds. The zero-order valence-electron chi connectivity index (χ0n) is 37.0. The number of hydrogen-bond acceptors (Lipinski definition) is 10. The third-order valence-corrected chi connectivity index (χ3v) is 10.3. The maximum atomic E-state index is 9.68. The van der Waals surface area contributed by atoms with Gasteiger partial charge in [0.25, 0.3) is 0 Å². The number of ether oxygens (including phenoxy) is 3. The number of benzene rings is 4. The highest BCUT2D eigenvalue weighted by Crippen LogP contribution is 2.32. The number of nitrogens with zero attached hydrogens (tertiary/aromatic N) is 6. The Labute approximate surface area is 359 Å². The molecule has 10 nitrogen and oxygen atoms in total. The van der Waals surface area contributed by atoms with Crippen LogP contribution in [0.3, 0.4) is 0 Å². The Kier molecular flexibility index (Phi) is 14.0. The van der Waals surface area contributed by atoms with Gasteiger partial charge in [-0.15, -0.1) is 0 Å². The van der Waals surface area contributed by atoms with E-state index >= 15 is 0 Å². The van der Waals surface area contributed by atoms with Gasteiger partial charge in [-0.2, -0.15) is 0 Å². The van der Waals surface area contributed by atoms with Crippen molar-refractivity contribution in [2.45, 2.75) is 68.4 Å². The second-order valence-electron chi connectivity index (χ2n) is 15.2. The van der Waals surface area contributed by atoms with Gasteiger partial charge in [-0.1, -0.05) is 36.4 Å². The first-order valence-electron chi connectivity index (χ1n) is 20.2. The minimum atomic E-state index is -0.0957. The van der Waals surface area contributed by atoms with E-state index in [1.807, 2.05) is 94.4 Å². The summed E-state index contributed by atoms with van der Waals surface area (Å²) in [4.78, 5) is 29.6. The molecule has 0 atom stereocenters. The van der Waals surface area contributed by atoms with Crippen LogP contribution in [0.5, 0.6) is 17.2 Å². The normalized spacial score (nSPS) is 12.5. The molecule has 0 fully saturated rings. The number of hydrogen-bond donors (Lipinski definition) is 1. The molecule has 2 aromatic heterocycles. The van der Waals surface area contributed by atoms with E-state index in [9.17, 15) is 5.11 Å². The molecule has 2 heterocycles. The molecule has 0 saturated carbocycles. The van der Waals surface area contributed by atoms with Gasteiger partial charge in [-0.25, -0.2) is 9.97 Å². The van der Waals surface area contributed by atoms with E-state index in [0.29, 0.717) is 22.9 Å². The fourth-order valence-corrected chi connectivity index (χ4v) is 7.29. The molecule has 312 valence electrons. The summed E-state index contributed by atoms with van der Waals surface area (Å²) in [5.74, 6) is 1.99. The average molecular weight is 815 g/mol. The summed E-state index contributed by atoms with van der Waals surface area (Å²) in [5.41, 5.74) is 17.1. The molecule has 0 unspecified atom stereocenters. The van der Waals surface area contributed by atoms with Gasteiger partial charge in [0.2, 0.25) is 0 Å². The van der Waals surface area contributed by atoms with Crippen LogP contribution in [0.25, 0.3) is 0 Å². The van der Waals surface area contributed by atoms with Gasteiger partial charge >= 0.3 is 0 Å². The number of rotatable bonds is 14. The topological polar surface area (TPSA) is 123 Å². The third-order valence-electron chi connectivity index (χ3n) is 10.3. The largest absolute Gasteiger partial charge is 0.497 e. The van der Waals surface area contributed by atoms with Gasteiger partial charge in [-0.05, 0) is 137 Å². The van der Waals surface area contributed by atoms with Crippen LogP contribution in [0, 0.1) is 27.7 Å². The lowest BCUT2D eigenvalue weighted by molar-refractivity contribution is 0.281. The van der Waals surface area contributed by atoms with Gasteiger partial charge in [0.05, 0.1) is 96.3 Å². The van der Waals surface area contributed by atoms with Crippen molar-refractivity contribution in [3.63, 3.8) is 0 Å². The quantitative estimate of drug-likeness (QED) is 0.109.